The van der Waals surface area contributed by atoms with E-state index in [4.69, 9.17) is 17.3 Å². The van der Waals surface area contributed by atoms with Crippen molar-refractivity contribution in [2.24, 2.45) is 5.73 Å². The van der Waals surface area contributed by atoms with E-state index in [-0.39, 0.29) is 29.2 Å². The molecule has 0 saturated heterocycles. The van der Waals surface area contributed by atoms with Gasteiger partial charge in [-0.1, -0.05) is 17.7 Å². The third-order valence-corrected chi connectivity index (χ3v) is 3.45. The molecule has 4 nitrogen and oxygen atoms in total. The predicted octanol–water partition coefficient (Wildman–Crippen LogP) is 2.48. The maximum Gasteiger partial charge on any atom is 0.287 e. The van der Waals surface area contributed by atoms with Gasteiger partial charge in [-0.05, 0) is 11.6 Å². The number of nitrogens with zero attached hydrogens (tertiary/aromatic N) is 1. The van der Waals surface area contributed by atoms with Gasteiger partial charge in [0.2, 0.25) is 0 Å². The molecule has 0 aliphatic heterocycles. The summed E-state index contributed by atoms with van der Waals surface area (Å²) in [6.07, 6.45) is -0.343. The predicted molar refractivity (Wildman–Crippen MR) is 58.4 cm³/mol. The van der Waals surface area contributed by atoms with Crippen molar-refractivity contribution in [1.82, 2.24) is 0 Å². The molecule has 0 aromatic heterocycles. The fourth-order valence-corrected chi connectivity index (χ4v) is 2.19. The third-order valence-electron chi connectivity index (χ3n) is 3.14. The van der Waals surface area contributed by atoms with Crippen LogP contribution in [0.25, 0.3) is 0 Å². The Kier molecular flexibility index (Phi) is 2.59. The summed E-state index contributed by atoms with van der Waals surface area (Å²) in [6, 6.07) is 3.62. The van der Waals surface area contributed by atoms with Gasteiger partial charge in [-0.3, -0.25) is 10.1 Å². The van der Waals surface area contributed by atoms with Gasteiger partial charge in [0.15, 0.2) is 0 Å². The van der Waals surface area contributed by atoms with Crippen LogP contribution in [-0.4, -0.2) is 17.4 Å². The monoisotopic (exact) mass is 262 g/mol. The molecule has 0 radical (unpaired) electrons. The lowest BCUT2D eigenvalue weighted by atomic mass is 9.95. The van der Waals surface area contributed by atoms with Crippen LogP contribution in [0.2, 0.25) is 5.02 Å². The summed E-state index contributed by atoms with van der Waals surface area (Å²) in [5, 5.41) is 10.4. The molecule has 17 heavy (non-hydrogen) atoms. The van der Waals surface area contributed by atoms with Crippen LogP contribution >= 0.6 is 11.6 Å². The molecular formula is C10H9ClF2N2O2. The minimum absolute atomic E-state index is 0.150. The molecule has 1 saturated carbocycles. The highest BCUT2D eigenvalue weighted by atomic mass is 35.5. The lowest BCUT2D eigenvalue weighted by molar-refractivity contribution is -0.384. The molecule has 1 atom stereocenters. The molecule has 2 rings (SSSR count). The van der Waals surface area contributed by atoms with Crippen molar-refractivity contribution < 1.29 is 13.7 Å². The van der Waals surface area contributed by atoms with Crippen LogP contribution in [0.4, 0.5) is 14.5 Å². The van der Waals surface area contributed by atoms with E-state index in [1.807, 2.05) is 0 Å². The number of hydrogen-bond donors (Lipinski definition) is 1. The van der Waals surface area contributed by atoms with Crippen LogP contribution in [0, 0.1) is 10.1 Å². The summed E-state index contributed by atoms with van der Waals surface area (Å²) in [5.74, 6) is -2.86. The van der Waals surface area contributed by atoms with E-state index >= 15 is 0 Å². The highest BCUT2D eigenvalue weighted by Crippen LogP contribution is 2.61. The average Bonchev–Trinajstić information content (AvgIpc) is 2.81. The van der Waals surface area contributed by atoms with E-state index in [0.717, 1.165) is 6.07 Å². The minimum atomic E-state index is -2.86. The number of benzene rings is 1. The molecule has 1 fully saturated rings. The van der Waals surface area contributed by atoms with Gasteiger partial charge in [-0.15, -0.1) is 0 Å². The van der Waals surface area contributed by atoms with Crippen LogP contribution in [0.1, 0.15) is 12.0 Å². The van der Waals surface area contributed by atoms with Gasteiger partial charge >= 0.3 is 0 Å². The standard InChI is InChI=1S/C10H9ClF2N2O2/c11-7-3-6(1-2-8(7)15(16)17)9(5-14)4-10(9,12)13/h1-3H,4-5,14H2. The first-order valence-electron chi connectivity index (χ1n) is 4.86. The number of hydrogen-bond acceptors (Lipinski definition) is 3. The maximum absolute atomic E-state index is 13.3. The molecule has 1 aliphatic rings. The summed E-state index contributed by atoms with van der Waals surface area (Å²) in [5.41, 5.74) is 3.91. The lowest BCUT2D eigenvalue weighted by Crippen LogP contribution is -2.26. The quantitative estimate of drug-likeness (QED) is 0.672. The maximum atomic E-state index is 13.3. The number of nitrogens with two attached hydrogens (primary N) is 1. The Morgan fingerprint density at radius 2 is 2.12 bits per heavy atom. The van der Waals surface area contributed by atoms with Crippen molar-refractivity contribution >= 4 is 17.3 Å². The second kappa shape index (κ2) is 3.61. The topological polar surface area (TPSA) is 69.2 Å². The zero-order chi connectivity index (χ0) is 12.8. The van der Waals surface area contributed by atoms with Gasteiger partial charge in [-0.25, -0.2) is 8.78 Å². The number of nitro benzene ring substituents is 1. The Hall–Kier alpha value is -1.27. The second-order valence-corrected chi connectivity index (χ2v) is 4.50. The molecule has 1 aliphatic carbocycles. The highest BCUT2D eigenvalue weighted by Gasteiger charge is 2.71. The summed E-state index contributed by atoms with van der Waals surface area (Å²) in [4.78, 5) is 9.88. The van der Waals surface area contributed by atoms with Crippen LogP contribution in [0.15, 0.2) is 18.2 Å². The molecule has 1 aromatic carbocycles. The first kappa shape index (κ1) is 12.2. The molecule has 1 unspecified atom stereocenters. The fourth-order valence-electron chi connectivity index (χ4n) is 1.94. The van der Waals surface area contributed by atoms with Crippen molar-refractivity contribution in [1.29, 1.82) is 0 Å². The SMILES string of the molecule is NCC1(c2ccc([N+](=O)[O-])c(Cl)c2)CC1(F)F. The second-order valence-electron chi connectivity index (χ2n) is 4.09. The van der Waals surface area contributed by atoms with Crippen molar-refractivity contribution in [3.63, 3.8) is 0 Å². The lowest BCUT2D eigenvalue weighted by Gasteiger charge is -2.14. The largest absolute Gasteiger partial charge is 0.329 e. The number of alkyl halides is 2. The smallest absolute Gasteiger partial charge is 0.287 e. The van der Waals surface area contributed by atoms with Gasteiger partial charge in [0.25, 0.3) is 11.6 Å². The minimum Gasteiger partial charge on any atom is -0.329 e. The van der Waals surface area contributed by atoms with Gasteiger partial charge in [0.05, 0.1) is 10.3 Å². The molecule has 0 spiro atoms. The van der Waals surface area contributed by atoms with E-state index < -0.39 is 16.3 Å². The summed E-state index contributed by atoms with van der Waals surface area (Å²) in [7, 11) is 0. The number of rotatable bonds is 3. The van der Waals surface area contributed by atoms with Gasteiger partial charge in [-0.2, -0.15) is 0 Å². The molecule has 1 aromatic rings. The van der Waals surface area contributed by atoms with Crippen molar-refractivity contribution in [3.8, 4) is 0 Å². The molecule has 92 valence electrons. The van der Waals surface area contributed by atoms with Gasteiger partial charge in [0, 0.05) is 19.0 Å². The van der Waals surface area contributed by atoms with Crippen LogP contribution in [0.3, 0.4) is 0 Å². The third kappa shape index (κ3) is 1.68. The van der Waals surface area contributed by atoms with E-state index in [2.05, 4.69) is 0 Å². The van der Waals surface area contributed by atoms with E-state index in [0.29, 0.717) is 0 Å². The molecule has 7 heteroatoms. The van der Waals surface area contributed by atoms with Crippen molar-refractivity contribution in [2.45, 2.75) is 17.8 Å². The van der Waals surface area contributed by atoms with Gasteiger partial charge in [0.1, 0.15) is 5.02 Å². The van der Waals surface area contributed by atoms with E-state index in [1.54, 1.807) is 0 Å². The van der Waals surface area contributed by atoms with E-state index in [9.17, 15) is 18.9 Å². The van der Waals surface area contributed by atoms with E-state index in [1.165, 1.54) is 12.1 Å². The summed E-state index contributed by atoms with van der Waals surface area (Å²) in [6.45, 7) is -0.214. The van der Waals surface area contributed by atoms with Crippen molar-refractivity contribution in [3.05, 3.63) is 38.9 Å². The molecule has 0 heterocycles. The Morgan fingerprint density at radius 1 is 1.53 bits per heavy atom. The zero-order valence-electron chi connectivity index (χ0n) is 8.62. The first-order valence-corrected chi connectivity index (χ1v) is 5.24. The Balaban J connectivity index is 2.43. The van der Waals surface area contributed by atoms with Crippen LogP contribution in [0.5, 0.6) is 0 Å². The van der Waals surface area contributed by atoms with Crippen molar-refractivity contribution in [2.75, 3.05) is 6.54 Å². The normalized spacial score (nSPS) is 25.6. The molecular weight excluding hydrogens is 254 g/mol. The molecule has 0 amide bonds. The molecule has 0 bridgehead atoms. The summed E-state index contributed by atoms with van der Waals surface area (Å²) < 4.78 is 26.5. The highest BCUT2D eigenvalue weighted by molar-refractivity contribution is 6.32. The van der Waals surface area contributed by atoms with Crippen LogP contribution in [-0.2, 0) is 5.41 Å². The summed E-state index contributed by atoms with van der Waals surface area (Å²) >= 11 is 5.68. The number of halogens is 3. The molecule has 2 N–H and O–H groups in total. The Morgan fingerprint density at radius 3 is 2.47 bits per heavy atom. The van der Waals surface area contributed by atoms with Crippen LogP contribution < -0.4 is 5.73 Å². The fraction of sp³-hybridized carbons (Fsp3) is 0.400. The number of nitro groups is 1. The first-order chi connectivity index (χ1) is 7.84. The van der Waals surface area contributed by atoms with Gasteiger partial charge < -0.3 is 5.73 Å². The average molecular weight is 263 g/mol. The zero-order valence-corrected chi connectivity index (χ0v) is 9.38. The Bertz CT molecular complexity index is 495. The Labute approximate surface area is 101 Å².